The van der Waals surface area contributed by atoms with E-state index in [0.29, 0.717) is 11.8 Å². The zero-order valence-corrected chi connectivity index (χ0v) is 7.89. The van der Waals surface area contributed by atoms with Gasteiger partial charge in [0.25, 0.3) is 0 Å². The lowest BCUT2D eigenvalue weighted by Gasteiger charge is -2.06. The van der Waals surface area contributed by atoms with E-state index < -0.39 is 12.0 Å². The van der Waals surface area contributed by atoms with E-state index in [2.05, 4.69) is 10.3 Å². The van der Waals surface area contributed by atoms with Crippen LogP contribution in [0.3, 0.4) is 0 Å². The van der Waals surface area contributed by atoms with Crippen molar-refractivity contribution in [2.45, 2.75) is 25.9 Å². The second-order valence-corrected chi connectivity index (χ2v) is 3.91. The fourth-order valence-electron chi connectivity index (χ4n) is 0.826. The zero-order valence-electron chi connectivity index (χ0n) is 7.07. The summed E-state index contributed by atoms with van der Waals surface area (Å²) in [5.41, 5.74) is 0. The Morgan fingerprint density at radius 3 is 2.92 bits per heavy atom. The van der Waals surface area contributed by atoms with Crippen LogP contribution in [0.5, 0.6) is 0 Å². The Bertz CT molecular complexity index is 215. The molecule has 4 nitrogen and oxygen atoms in total. The fraction of sp³-hybridized carbons (Fsp3) is 0.714. The van der Waals surface area contributed by atoms with Crippen molar-refractivity contribution >= 4 is 22.9 Å². The number of amidine groups is 1. The molecule has 1 heterocycles. The van der Waals surface area contributed by atoms with Crippen molar-refractivity contribution in [3.63, 3.8) is 0 Å². The van der Waals surface area contributed by atoms with Crippen molar-refractivity contribution < 1.29 is 9.90 Å². The maximum absolute atomic E-state index is 10.5. The van der Waals surface area contributed by atoms with Gasteiger partial charge in [-0.2, -0.15) is 0 Å². The van der Waals surface area contributed by atoms with Gasteiger partial charge in [-0.3, -0.25) is 0 Å². The zero-order chi connectivity index (χ0) is 9.14. The van der Waals surface area contributed by atoms with Gasteiger partial charge < -0.3 is 10.4 Å². The number of aliphatic carboxylic acids is 1. The minimum absolute atomic E-state index is 0.309. The summed E-state index contributed by atoms with van der Waals surface area (Å²) < 4.78 is 0. The second kappa shape index (κ2) is 3.80. The number of nitrogens with one attached hydrogen (secondary N) is 1. The molecular formula is C7H12N2O2S. The number of aliphatic imine (C=N–C) groups is 1. The normalized spacial score (nSPS) is 22.6. The van der Waals surface area contributed by atoms with E-state index in [0.717, 1.165) is 5.17 Å². The van der Waals surface area contributed by atoms with Crippen molar-refractivity contribution in [1.29, 1.82) is 0 Å². The summed E-state index contributed by atoms with van der Waals surface area (Å²) in [6.07, 6.45) is 0. The molecule has 0 aromatic heterocycles. The quantitative estimate of drug-likeness (QED) is 0.664. The van der Waals surface area contributed by atoms with Gasteiger partial charge >= 0.3 is 5.97 Å². The van der Waals surface area contributed by atoms with Crippen LogP contribution in [0.4, 0.5) is 0 Å². The number of nitrogens with zero attached hydrogens (tertiary/aromatic N) is 1. The van der Waals surface area contributed by atoms with Crippen LogP contribution in [0.1, 0.15) is 13.8 Å². The van der Waals surface area contributed by atoms with Crippen molar-refractivity contribution in [3.05, 3.63) is 0 Å². The highest BCUT2D eigenvalue weighted by atomic mass is 32.2. The third-order valence-corrected chi connectivity index (χ3v) is 2.33. The Balaban J connectivity index is 2.48. The number of thioether (sulfide) groups is 1. The second-order valence-electron chi connectivity index (χ2n) is 2.90. The summed E-state index contributed by atoms with van der Waals surface area (Å²) in [6.45, 7) is 3.99. The molecule has 0 aromatic carbocycles. The summed E-state index contributed by atoms with van der Waals surface area (Å²) in [7, 11) is 0. The maximum atomic E-state index is 10.5. The molecule has 0 saturated carbocycles. The van der Waals surface area contributed by atoms with Crippen LogP contribution in [0.25, 0.3) is 0 Å². The van der Waals surface area contributed by atoms with E-state index in [1.807, 2.05) is 13.8 Å². The smallest absolute Gasteiger partial charge is 0.329 e. The van der Waals surface area contributed by atoms with E-state index in [1.54, 1.807) is 0 Å². The lowest BCUT2D eigenvalue weighted by atomic mass is 10.4. The van der Waals surface area contributed by atoms with Gasteiger partial charge in [0.15, 0.2) is 11.2 Å². The average Bonchev–Trinajstić information content (AvgIpc) is 2.34. The van der Waals surface area contributed by atoms with Crippen LogP contribution in [0, 0.1) is 0 Å². The molecule has 0 aromatic rings. The first-order valence-corrected chi connectivity index (χ1v) is 4.78. The molecule has 1 rings (SSSR count). The molecule has 0 saturated heterocycles. The Hall–Kier alpha value is -0.710. The van der Waals surface area contributed by atoms with Gasteiger partial charge in [0.05, 0.1) is 0 Å². The lowest BCUT2D eigenvalue weighted by molar-refractivity contribution is -0.137. The first kappa shape index (κ1) is 9.38. The first-order valence-electron chi connectivity index (χ1n) is 3.79. The fourth-order valence-corrected chi connectivity index (χ4v) is 1.88. The molecule has 0 spiro atoms. The molecule has 5 heteroatoms. The van der Waals surface area contributed by atoms with Gasteiger partial charge in [0.1, 0.15) is 0 Å². The van der Waals surface area contributed by atoms with Gasteiger partial charge in [-0.25, -0.2) is 9.79 Å². The Morgan fingerprint density at radius 1 is 1.83 bits per heavy atom. The molecule has 2 N–H and O–H groups in total. The van der Waals surface area contributed by atoms with Gasteiger partial charge in [-0.15, -0.1) is 0 Å². The molecule has 12 heavy (non-hydrogen) atoms. The van der Waals surface area contributed by atoms with Gasteiger partial charge in [-0.05, 0) is 13.8 Å². The summed E-state index contributed by atoms with van der Waals surface area (Å²) in [6, 6.07) is -0.250. The van der Waals surface area contributed by atoms with Crippen LogP contribution in [0.2, 0.25) is 0 Å². The molecule has 1 atom stereocenters. The summed E-state index contributed by atoms with van der Waals surface area (Å²) in [5.74, 6) is -0.298. The summed E-state index contributed by atoms with van der Waals surface area (Å²) in [5, 5.41) is 12.4. The van der Waals surface area contributed by atoms with Gasteiger partial charge in [0, 0.05) is 11.8 Å². The topological polar surface area (TPSA) is 61.7 Å². The summed E-state index contributed by atoms with van der Waals surface area (Å²) in [4.78, 5) is 14.5. The van der Waals surface area contributed by atoms with Crippen molar-refractivity contribution in [1.82, 2.24) is 5.32 Å². The molecule has 1 aliphatic rings. The van der Waals surface area contributed by atoms with E-state index >= 15 is 0 Å². The molecule has 0 fully saturated rings. The molecule has 1 aliphatic heterocycles. The third kappa shape index (κ3) is 2.41. The third-order valence-electron chi connectivity index (χ3n) is 1.35. The number of carboxylic acids is 1. The van der Waals surface area contributed by atoms with Crippen molar-refractivity contribution in [2.75, 3.05) is 5.75 Å². The summed E-state index contributed by atoms with van der Waals surface area (Å²) >= 11 is 1.47. The van der Waals surface area contributed by atoms with Crippen LogP contribution < -0.4 is 5.32 Å². The Labute approximate surface area is 75.4 Å². The highest BCUT2D eigenvalue weighted by Crippen LogP contribution is 2.16. The maximum Gasteiger partial charge on any atom is 0.329 e. The number of carboxylic acid groups (broad SMARTS) is 1. The minimum Gasteiger partial charge on any atom is -0.480 e. The predicted octanol–water partition coefficient (Wildman–Crippen LogP) is 0.540. The lowest BCUT2D eigenvalue weighted by Crippen LogP contribution is -2.27. The minimum atomic E-state index is -0.844. The highest BCUT2D eigenvalue weighted by Gasteiger charge is 2.24. The SMILES string of the molecule is CC(C)NC1=NC(C(=O)O)CS1. The van der Waals surface area contributed by atoms with E-state index in [-0.39, 0.29) is 0 Å². The molecule has 0 bridgehead atoms. The number of hydrogen-bond donors (Lipinski definition) is 2. The molecule has 68 valence electrons. The number of hydrogen-bond acceptors (Lipinski definition) is 4. The standard InChI is InChI=1S/C7H12N2O2S/c1-4(2)8-7-9-5(3-12-7)6(10)11/h4-5H,3H2,1-2H3,(H,8,9)(H,10,11). The van der Waals surface area contributed by atoms with Crippen LogP contribution in [-0.2, 0) is 4.79 Å². The van der Waals surface area contributed by atoms with Crippen LogP contribution in [0.15, 0.2) is 4.99 Å². The molecule has 0 aliphatic carbocycles. The largest absolute Gasteiger partial charge is 0.480 e. The predicted molar refractivity (Wildman–Crippen MR) is 49.6 cm³/mol. The first-order chi connectivity index (χ1) is 5.59. The van der Waals surface area contributed by atoms with E-state index in [9.17, 15) is 4.79 Å². The van der Waals surface area contributed by atoms with Crippen molar-refractivity contribution in [2.24, 2.45) is 4.99 Å². The number of carbonyl (C=O) groups is 1. The molecule has 1 unspecified atom stereocenters. The highest BCUT2D eigenvalue weighted by molar-refractivity contribution is 8.14. The molecule has 0 radical (unpaired) electrons. The average molecular weight is 188 g/mol. The van der Waals surface area contributed by atoms with Crippen molar-refractivity contribution in [3.8, 4) is 0 Å². The number of rotatable bonds is 2. The van der Waals surface area contributed by atoms with E-state index in [4.69, 9.17) is 5.11 Å². The van der Waals surface area contributed by atoms with Gasteiger partial charge in [-0.1, -0.05) is 11.8 Å². The van der Waals surface area contributed by atoms with E-state index in [1.165, 1.54) is 11.8 Å². The van der Waals surface area contributed by atoms with Crippen LogP contribution in [-0.4, -0.2) is 34.1 Å². The molecule has 0 amide bonds. The Morgan fingerprint density at radius 2 is 2.50 bits per heavy atom. The van der Waals surface area contributed by atoms with Crippen LogP contribution >= 0.6 is 11.8 Å². The molecular weight excluding hydrogens is 176 g/mol. The van der Waals surface area contributed by atoms with Gasteiger partial charge in [0.2, 0.25) is 0 Å². The Kier molecular flexibility index (Phi) is 2.97. The monoisotopic (exact) mass is 188 g/mol.